The maximum absolute atomic E-state index is 13.0. The Morgan fingerprint density at radius 1 is 1.00 bits per heavy atom. The molecule has 3 nitrogen and oxygen atoms in total. The highest BCUT2D eigenvalue weighted by molar-refractivity contribution is 7.91. The SMILES string of the molecule is Nc1cc(F)ccc1S(=O)(=O)CCCCc1ccccc1. The van der Waals surface area contributed by atoms with Crippen LogP contribution in [0, 0.1) is 5.82 Å². The smallest absolute Gasteiger partial charge is 0.180 e. The molecule has 0 radical (unpaired) electrons. The Labute approximate surface area is 124 Å². The average Bonchev–Trinajstić information content (AvgIpc) is 2.44. The van der Waals surface area contributed by atoms with E-state index in [0.29, 0.717) is 6.42 Å². The van der Waals surface area contributed by atoms with E-state index in [-0.39, 0.29) is 16.3 Å². The molecule has 0 fully saturated rings. The zero-order valence-corrected chi connectivity index (χ0v) is 12.4. The van der Waals surface area contributed by atoms with Crippen molar-refractivity contribution in [1.82, 2.24) is 0 Å². The number of nitrogen functional groups attached to an aromatic ring is 1. The summed E-state index contributed by atoms with van der Waals surface area (Å²) < 4.78 is 37.3. The molecule has 112 valence electrons. The number of rotatable bonds is 6. The van der Waals surface area contributed by atoms with Gasteiger partial charge in [0.25, 0.3) is 0 Å². The molecule has 0 aromatic heterocycles. The third kappa shape index (κ3) is 4.29. The lowest BCUT2D eigenvalue weighted by atomic mass is 10.1. The molecular formula is C16H18FNO2S. The molecule has 2 aromatic rings. The quantitative estimate of drug-likeness (QED) is 0.506. The number of nitrogens with two attached hydrogens (primary N) is 1. The summed E-state index contributed by atoms with van der Waals surface area (Å²) >= 11 is 0. The van der Waals surface area contributed by atoms with Crippen LogP contribution in [0.4, 0.5) is 10.1 Å². The van der Waals surface area contributed by atoms with Crippen molar-refractivity contribution in [2.24, 2.45) is 0 Å². The third-order valence-corrected chi connectivity index (χ3v) is 5.15. The molecule has 0 bridgehead atoms. The summed E-state index contributed by atoms with van der Waals surface area (Å²) in [6.45, 7) is 0. The second-order valence-electron chi connectivity index (χ2n) is 4.94. The van der Waals surface area contributed by atoms with Crippen molar-refractivity contribution in [2.45, 2.75) is 24.2 Å². The first-order chi connectivity index (χ1) is 9.99. The van der Waals surface area contributed by atoms with Gasteiger partial charge in [-0.15, -0.1) is 0 Å². The van der Waals surface area contributed by atoms with E-state index in [0.717, 1.165) is 25.0 Å². The van der Waals surface area contributed by atoms with Gasteiger partial charge in [-0.25, -0.2) is 12.8 Å². The topological polar surface area (TPSA) is 60.2 Å². The standard InChI is InChI=1S/C16H18FNO2S/c17-14-9-10-16(15(18)12-14)21(19,20)11-5-4-8-13-6-2-1-3-7-13/h1-3,6-7,9-10,12H,4-5,8,11,18H2. The minimum atomic E-state index is -3.45. The number of halogens is 1. The Balaban J connectivity index is 1.92. The molecule has 0 amide bonds. The molecule has 5 heteroatoms. The number of hydrogen-bond acceptors (Lipinski definition) is 3. The van der Waals surface area contributed by atoms with Crippen molar-refractivity contribution in [3.63, 3.8) is 0 Å². The lowest BCUT2D eigenvalue weighted by molar-refractivity contribution is 0.591. The van der Waals surface area contributed by atoms with Crippen LogP contribution in [0.15, 0.2) is 53.4 Å². The molecular weight excluding hydrogens is 289 g/mol. The average molecular weight is 307 g/mol. The van der Waals surface area contributed by atoms with Crippen LogP contribution in [-0.4, -0.2) is 14.2 Å². The van der Waals surface area contributed by atoms with Crippen LogP contribution in [-0.2, 0) is 16.3 Å². The summed E-state index contributed by atoms with van der Waals surface area (Å²) in [6, 6.07) is 13.3. The van der Waals surface area contributed by atoms with E-state index in [1.54, 1.807) is 0 Å². The van der Waals surface area contributed by atoms with Gasteiger partial charge in [0.1, 0.15) is 5.82 Å². The van der Waals surface area contributed by atoms with E-state index in [1.165, 1.54) is 11.6 Å². The fourth-order valence-corrected chi connectivity index (χ4v) is 3.68. The van der Waals surface area contributed by atoms with Gasteiger partial charge in [0.15, 0.2) is 9.84 Å². The highest BCUT2D eigenvalue weighted by atomic mass is 32.2. The van der Waals surface area contributed by atoms with Crippen LogP contribution in [0.5, 0.6) is 0 Å². The van der Waals surface area contributed by atoms with Crippen molar-refractivity contribution in [2.75, 3.05) is 11.5 Å². The molecule has 0 aliphatic heterocycles. The summed E-state index contributed by atoms with van der Waals surface area (Å²) in [5.74, 6) is -0.508. The van der Waals surface area contributed by atoms with Gasteiger partial charge in [0, 0.05) is 0 Å². The fourth-order valence-electron chi connectivity index (χ4n) is 2.18. The lowest BCUT2D eigenvalue weighted by Gasteiger charge is -2.07. The van der Waals surface area contributed by atoms with Crippen LogP contribution in [0.3, 0.4) is 0 Å². The first-order valence-electron chi connectivity index (χ1n) is 6.81. The summed E-state index contributed by atoms with van der Waals surface area (Å²) in [6.07, 6.45) is 2.17. The van der Waals surface area contributed by atoms with Crippen molar-refractivity contribution in [3.8, 4) is 0 Å². The van der Waals surface area contributed by atoms with Gasteiger partial charge in [-0.2, -0.15) is 0 Å². The number of benzene rings is 2. The Kier molecular flexibility index (Phi) is 4.96. The molecule has 2 rings (SSSR count). The normalized spacial score (nSPS) is 11.5. The van der Waals surface area contributed by atoms with Gasteiger partial charge in [-0.05, 0) is 43.0 Å². The predicted octanol–water partition coefficient (Wildman–Crippen LogP) is 3.20. The molecule has 21 heavy (non-hydrogen) atoms. The van der Waals surface area contributed by atoms with E-state index >= 15 is 0 Å². The van der Waals surface area contributed by atoms with Gasteiger partial charge in [-0.3, -0.25) is 0 Å². The molecule has 0 aliphatic rings. The molecule has 0 heterocycles. The number of sulfone groups is 1. The van der Waals surface area contributed by atoms with Crippen molar-refractivity contribution < 1.29 is 12.8 Å². The van der Waals surface area contributed by atoms with E-state index in [2.05, 4.69) is 0 Å². The monoisotopic (exact) mass is 307 g/mol. The molecule has 0 atom stereocenters. The maximum Gasteiger partial charge on any atom is 0.180 e. The first kappa shape index (κ1) is 15.5. The van der Waals surface area contributed by atoms with Gasteiger partial charge in [0.2, 0.25) is 0 Å². The largest absolute Gasteiger partial charge is 0.398 e. The molecule has 0 spiro atoms. The van der Waals surface area contributed by atoms with E-state index in [1.807, 2.05) is 30.3 Å². The van der Waals surface area contributed by atoms with Crippen LogP contribution >= 0.6 is 0 Å². The number of hydrogen-bond donors (Lipinski definition) is 1. The minimum Gasteiger partial charge on any atom is -0.398 e. The zero-order valence-electron chi connectivity index (χ0n) is 11.6. The summed E-state index contributed by atoms with van der Waals surface area (Å²) in [7, 11) is -3.45. The molecule has 0 aliphatic carbocycles. The molecule has 0 unspecified atom stereocenters. The summed E-state index contributed by atoms with van der Waals surface area (Å²) in [5.41, 5.74) is 6.74. The van der Waals surface area contributed by atoms with Crippen molar-refractivity contribution >= 4 is 15.5 Å². The van der Waals surface area contributed by atoms with Gasteiger partial charge >= 0.3 is 0 Å². The summed E-state index contributed by atoms with van der Waals surface area (Å²) in [5, 5.41) is 0. The predicted molar refractivity (Wildman–Crippen MR) is 82.2 cm³/mol. The van der Waals surface area contributed by atoms with Gasteiger partial charge in [0.05, 0.1) is 16.3 Å². The van der Waals surface area contributed by atoms with Crippen LogP contribution in [0.1, 0.15) is 18.4 Å². The van der Waals surface area contributed by atoms with Crippen molar-refractivity contribution in [3.05, 3.63) is 59.9 Å². The highest BCUT2D eigenvalue weighted by Gasteiger charge is 2.17. The number of aryl methyl sites for hydroxylation is 1. The Morgan fingerprint density at radius 2 is 1.71 bits per heavy atom. The lowest BCUT2D eigenvalue weighted by Crippen LogP contribution is -2.10. The minimum absolute atomic E-state index is 0.0172. The maximum atomic E-state index is 13.0. The van der Waals surface area contributed by atoms with E-state index < -0.39 is 15.7 Å². The molecule has 2 N–H and O–H groups in total. The Morgan fingerprint density at radius 3 is 2.38 bits per heavy atom. The Hall–Kier alpha value is -1.88. The van der Waals surface area contributed by atoms with E-state index in [4.69, 9.17) is 5.73 Å². The highest BCUT2D eigenvalue weighted by Crippen LogP contribution is 2.21. The van der Waals surface area contributed by atoms with Gasteiger partial charge < -0.3 is 5.73 Å². The zero-order chi connectivity index (χ0) is 15.3. The van der Waals surface area contributed by atoms with Gasteiger partial charge in [-0.1, -0.05) is 30.3 Å². The first-order valence-corrected chi connectivity index (χ1v) is 8.46. The van der Waals surface area contributed by atoms with Crippen molar-refractivity contribution in [1.29, 1.82) is 0 Å². The third-order valence-electron chi connectivity index (χ3n) is 3.28. The Bertz CT molecular complexity index is 699. The number of unbranched alkanes of at least 4 members (excludes halogenated alkanes) is 1. The number of anilines is 1. The second kappa shape index (κ2) is 6.72. The second-order valence-corrected chi connectivity index (χ2v) is 7.02. The van der Waals surface area contributed by atoms with Crippen LogP contribution < -0.4 is 5.73 Å². The van der Waals surface area contributed by atoms with Crippen LogP contribution in [0.25, 0.3) is 0 Å². The molecule has 2 aromatic carbocycles. The van der Waals surface area contributed by atoms with Crippen LogP contribution in [0.2, 0.25) is 0 Å². The fraction of sp³-hybridized carbons (Fsp3) is 0.250. The van der Waals surface area contributed by atoms with E-state index in [9.17, 15) is 12.8 Å². The summed E-state index contributed by atoms with van der Waals surface area (Å²) in [4.78, 5) is 0.0172. The molecule has 0 saturated carbocycles. The molecule has 0 saturated heterocycles.